The smallest absolute Gasteiger partial charge is 0.270 e. The van der Waals surface area contributed by atoms with Crippen LogP contribution in [0.5, 0.6) is 0 Å². The Labute approximate surface area is 213 Å². The Balaban J connectivity index is 1.88. The predicted octanol–water partition coefficient (Wildman–Crippen LogP) is 3.32. The number of benzene rings is 2. The molecule has 1 aromatic heterocycles. The van der Waals surface area contributed by atoms with Crippen LogP contribution in [0.25, 0.3) is 16.6 Å². The van der Waals surface area contributed by atoms with Gasteiger partial charge in [-0.15, -0.1) is 0 Å². The Hall–Kier alpha value is -2.92. The van der Waals surface area contributed by atoms with E-state index in [0.29, 0.717) is 34.4 Å². The lowest BCUT2D eigenvalue weighted by Crippen LogP contribution is -2.32. The van der Waals surface area contributed by atoms with E-state index in [-0.39, 0.29) is 30.7 Å². The average Bonchev–Trinajstić information content (AvgIpc) is 3.60. The van der Waals surface area contributed by atoms with Crippen molar-refractivity contribution in [2.75, 3.05) is 31.2 Å². The molecular weight excluding hydrogens is 534 g/mol. The highest BCUT2D eigenvalue weighted by molar-refractivity contribution is 9.10. The highest BCUT2D eigenvalue weighted by atomic mass is 79.9. The first kappa shape index (κ1) is 25.2. The molecular formula is C24H28BrN5O4S. The molecule has 35 heavy (non-hydrogen) atoms. The van der Waals surface area contributed by atoms with Gasteiger partial charge in [0.1, 0.15) is 5.69 Å². The molecule has 0 bridgehead atoms. The zero-order valence-electron chi connectivity index (χ0n) is 19.8. The molecule has 2 N–H and O–H groups in total. The van der Waals surface area contributed by atoms with E-state index in [1.54, 1.807) is 24.8 Å². The second-order valence-corrected chi connectivity index (χ2v) is 11.5. The first-order chi connectivity index (χ1) is 16.6. The molecule has 0 spiro atoms. The van der Waals surface area contributed by atoms with Gasteiger partial charge in [-0.2, -0.15) is 5.10 Å². The van der Waals surface area contributed by atoms with Crippen molar-refractivity contribution >= 4 is 54.4 Å². The van der Waals surface area contributed by atoms with Crippen LogP contribution in [0.4, 0.5) is 5.69 Å². The number of halogens is 1. The topological polar surface area (TPSA) is 113 Å². The van der Waals surface area contributed by atoms with Crippen LogP contribution in [-0.2, 0) is 14.8 Å². The van der Waals surface area contributed by atoms with Crippen molar-refractivity contribution in [2.45, 2.75) is 31.6 Å². The molecule has 0 saturated heterocycles. The minimum Gasteiger partial charge on any atom is -0.359 e. The molecule has 2 amide bonds. The van der Waals surface area contributed by atoms with E-state index in [4.69, 9.17) is 5.10 Å². The third-order valence-corrected chi connectivity index (χ3v) is 7.77. The Morgan fingerprint density at radius 3 is 2.40 bits per heavy atom. The minimum atomic E-state index is -3.62. The third-order valence-electron chi connectivity index (χ3n) is 6.06. The zero-order valence-corrected chi connectivity index (χ0v) is 22.2. The van der Waals surface area contributed by atoms with Gasteiger partial charge in [0.05, 0.1) is 23.1 Å². The number of nitrogens with one attached hydrogen (secondary N) is 2. The van der Waals surface area contributed by atoms with E-state index in [1.165, 1.54) is 10.6 Å². The molecule has 1 saturated carbocycles. The minimum absolute atomic E-state index is 0.139. The summed E-state index contributed by atoms with van der Waals surface area (Å²) in [4.78, 5) is 24.6. The van der Waals surface area contributed by atoms with Crippen molar-refractivity contribution in [3.8, 4) is 5.69 Å². The molecule has 1 aliphatic rings. The monoisotopic (exact) mass is 561 g/mol. The first-order valence-electron chi connectivity index (χ1n) is 11.4. The van der Waals surface area contributed by atoms with Gasteiger partial charge >= 0.3 is 0 Å². The zero-order chi connectivity index (χ0) is 25.3. The van der Waals surface area contributed by atoms with E-state index in [1.807, 2.05) is 30.3 Å². The number of fused-ring (bicyclic) bond motifs is 1. The van der Waals surface area contributed by atoms with Gasteiger partial charge in [0.2, 0.25) is 15.9 Å². The standard InChI is InChI=1S/C24H28BrN5O4S/c1-26-22(31)5-4-12-29(35(3,33)34)21-14-20-19(13-18(21)15-6-7-15)23(24(32)27-2)30(28-20)17-10-8-16(25)9-11-17/h8-11,13-15H,4-7,12H2,1-3H3,(H,26,31)(H,27,32). The second-order valence-electron chi connectivity index (χ2n) is 8.63. The largest absolute Gasteiger partial charge is 0.359 e. The van der Waals surface area contributed by atoms with Gasteiger partial charge in [-0.05, 0) is 67.1 Å². The van der Waals surface area contributed by atoms with E-state index < -0.39 is 10.0 Å². The second kappa shape index (κ2) is 9.98. The third kappa shape index (κ3) is 5.35. The first-order valence-corrected chi connectivity index (χ1v) is 14.0. The summed E-state index contributed by atoms with van der Waals surface area (Å²) in [7, 11) is -0.491. The van der Waals surface area contributed by atoms with Crippen molar-refractivity contribution < 1.29 is 18.0 Å². The molecule has 3 aromatic rings. The molecule has 4 rings (SSSR count). The quantitative estimate of drug-likeness (QED) is 0.416. The van der Waals surface area contributed by atoms with E-state index in [9.17, 15) is 18.0 Å². The fraction of sp³-hybridized carbons (Fsp3) is 0.375. The summed E-state index contributed by atoms with van der Waals surface area (Å²) >= 11 is 3.43. The fourth-order valence-electron chi connectivity index (χ4n) is 4.15. The average molecular weight is 562 g/mol. The van der Waals surface area contributed by atoms with Gasteiger partial charge in [0.15, 0.2) is 0 Å². The van der Waals surface area contributed by atoms with Crippen molar-refractivity contribution in [3.63, 3.8) is 0 Å². The van der Waals surface area contributed by atoms with Gasteiger partial charge in [0.25, 0.3) is 5.91 Å². The molecule has 0 radical (unpaired) electrons. The highest BCUT2D eigenvalue weighted by Gasteiger charge is 2.32. The van der Waals surface area contributed by atoms with Crippen molar-refractivity contribution in [2.24, 2.45) is 0 Å². The molecule has 186 valence electrons. The molecule has 0 aliphatic heterocycles. The maximum absolute atomic E-state index is 12.9. The Kier molecular flexibility index (Phi) is 7.18. The van der Waals surface area contributed by atoms with Crippen molar-refractivity contribution in [1.29, 1.82) is 0 Å². The maximum atomic E-state index is 12.9. The maximum Gasteiger partial charge on any atom is 0.270 e. The lowest BCUT2D eigenvalue weighted by Gasteiger charge is -2.25. The van der Waals surface area contributed by atoms with Gasteiger partial charge in [0, 0.05) is 36.9 Å². The molecule has 1 fully saturated rings. The molecule has 9 nitrogen and oxygen atoms in total. The number of hydrogen-bond donors (Lipinski definition) is 2. The number of aromatic nitrogens is 2. The lowest BCUT2D eigenvalue weighted by molar-refractivity contribution is -0.120. The predicted molar refractivity (Wildman–Crippen MR) is 140 cm³/mol. The number of nitrogens with zero attached hydrogens (tertiary/aromatic N) is 3. The van der Waals surface area contributed by atoms with Gasteiger partial charge in [-0.3, -0.25) is 13.9 Å². The lowest BCUT2D eigenvalue weighted by atomic mass is 10.0. The van der Waals surface area contributed by atoms with E-state index in [2.05, 4.69) is 26.6 Å². The van der Waals surface area contributed by atoms with Gasteiger partial charge < -0.3 is 10.6 Å². The van der Waals surface area contributed by atoms with Crippen molar-refractivity contribution in [1.82, 2.24) is 20.4 Å². The Morgan fingerprint density at radius 1 is 1.14 bits per heavy atom. The van der Waals surface area contributed by atoms with Crippen molar-refractivity contribution in [3.05, 3.63) is 52.1 Å². The van der Waals surface area contributed by atoms with Crippen LogP contribution in [0.2, 0.25) is 0 Å². The molecule has 2 aromatic carbocycles. The van der Waals surface area contributed by atoms with Crippen LogP contribution in [0.3, 0.4) is 0 Å². The highest BCUT2D eigenvalue weighted by Crippen LogP contribution is 2.46. The van der Waals surface area contributed by atoms with Gasteiger partial charge in [-0.25, -0.2) is 13.1 Å². The molecule has 1 heterocycles. The number of amides is 2. The van der Waals surface area contributed by atoms with Crippen LogP contribution in [-0.4, -0.2) is 56.9 Å². The van der Waals surface area contributed by atoms with Gasteiger partial charge in [-0.1, -0.05) is 15.9 Å². The summed E-state index contributed by atoms with van der Waals surface area (Å²) in [5.74, 6) is -0.207. The van der Waals surface area contributed by atoms with Crippen LogP contribution >= 0.6 is 15.9 Å². The summed E-state index contributed by atoms with van der Waals surface area (Å²) in [5.41, 5.74) is 3.06. The summed E-state index contributed by atoms with van der Waals surface area (Å²) in [6.07, 6.45) is 3.67. The Morgan fingerprint density at radius 2 is 1.83 bits per heavy atom. The normalized spacial score (nSPS) is 13.6. The Bertz CT molecular complexity index is 1380. The van der Waals surface area contributed by atoms with Crippen LogP contribution in [0, 0.1) is 0 Å². The summed E-state index contributed by atoms with van der Waals surface area (Å²) < 4.78 is 29.5. The molecule has 1 aliphatic carbocycles. The number of carbonyl (C=O) groups excluding carboxylic acids is 2. The van der Waals surface area contributed by atoms with Crippen LogP contribution < -0.4 is 14.9 Å². The van der Waals surface area contributed by atoms with Crippen LogP contribution in [0.15, 0.2) is 40.9 Å². The van der Waals surface area contributed by atoms with Crippen LogP contribution in [0.1, 0.15) is 47.7 Å². The SMILES string of the molecule is CNC(=O)CCCN(c1cc2nn(-c3ccc(Br)cc3)c(C(=O)NC)c2cc1C1CC1)S(C)(=O)=O. The van der Waals surface area contributed by atoms with E-state index in [0.717, 1.165) is 22.9 Å². The number of sulfonamides is 1. The molecule has 11 heteroatoms. The summed E-state index contributed by atoms with van der Waals surface area (Å²) in [6.45, 7) is 0.174. The molecule has 0 unspecified atom stereocenters. The number of anilines is 1. The number of rotatable bonds is 9. The number of carbonyl (C=O) groups is 2. The fourth-order valence-corrected chi connectivity index (χ4v) is 5.40. The molecule has 0 atom stereocenters. The summed E-state index contributed by atoms with van der Waals surface area (Å²) in [5, 5.41) is 10.6. The number of hydrogen-bond acceptors (Lipinski definition) is 5. The van der Waals surface area contributed by atoms with E-state index >= 15 is 0 Å². The summed E-state index contributed by atoms with van der Waals surface area (Å²) in [6, 6.07) is 11.1.